The molecule has 1 aliphatic rings. The number of hydrogen-bond donors (Lipinski definition) is 1. The van der Waals surface area contributed by atoms with Gasteiger partial charge in [-0.05, 0) is 39.8 Å². The fraction of sp³-hybridized carbons (Fsp3) is 0.706. The van der Waals surface area contributed by atoms with E-state index in [4.69, 9.17) is 9.15 Å². The molecule has 22 heavy (non-hydrogen) atoms. The normalized spacial score (nSPS) is 23.5. The third-order valence-corrected chi connectivity index (χ3v) is 4.17. The zero-order chi connectivity index (χ0) is 16.2. The van der Waals surface area contributed by atoms with E-state index in [-0.39, 0.29) is 23.7 Å². The number of nitrogens with one attached hydrogen (secondary N) is 1. The van der Waals surface area contributed by atoms with Crippen molar-refractivity contribution in [1.29, 1.82) is 0 Å². The first kappa shape index (κ1) is 17.0. The maximum Gasteiger partial charge on any atom is 0.220 e. The highest BCUT2D eigenvalue weighted by Gasteiger charge is 2.33. The molecule has 0 aromatic carbocycles. The highest BCUT2D eigenvalue weighted by molar-refractivity contribution is 5.76. The first-order chi connectivity index (χ1) is 10.4. The third kappa shape index (κ3) is 4.85. The summed E-state index contributed by atoms with van der Waals surface area (Å²) in [6.07, 6.45) is 3.21. The van der Waals surface area contributed by atoms with Crippen molar-refractivity contribution in [2.45, 2.75) is 58.3 Å². The molecule has 5 nitrogen and oxygen atoms in total. The molecular weight excluding hydrogens is 280 g/mol. The fourth-order valence-electron chi connectivity index (χ4n) is 2.88. The van der Waals surface area contributed by atoms with Gasteiger partial charge in [0.05, 0.1) is 18.5 Å². The molecule has 0 saturated carbocycles. The van der Waals surface area contributed by atoms with E-state index in [1.165, 1.54) is 0 Å². The van der Waals surface area contributed by atoms with E-state index in [9.17, 15) is 4.79 Å². The second kappa shape index (κ2) is 7.29. The predicted molar refractivity (Wildman–Crippen MR) is 85.7 cm³/mol. The van der Waals surface area contributed by atoms with E-state index in [0.29, 0.717) is 19.4 Å². The summed E-state index contributed by atoms with van der Waals surface area (Å²) >= 11 is 0. The average molecular weight is 308 g/mol. The molecule has 2 atom stereocenters. The van der Waals surface area contributed by atoms with Crippen LogP contribution in [0.15, 0.2) is 22.8 Å². The Bertz CT molecular complexity index is 460. The van der Waals surface area contributed by atoms with Crippen LogP contribution in [0.3, 0.4) is 0 Å². The molecule has 0 spiro atoms. The Labute approximate surface area is 133 Å². The van der Waals surface area contributed by atoms with Gasteiger partial charge in [-0.3, -0.25) is 9.69 Å². The third-order valence-electron chi connectivity index (χ3n) is 4.17. The van der Waals surface area contributed by atoms with Gasteiger partial charge in [-0.25, -0.2) is 0 Å². The predicted octanol–water partition coefficient (Wildman–Crippen LogP) is 2.22. The molecule has 1 aliphatic heterocycles. The number of rotatable bonds is 6. The maximum absolute atomic E-state index is 12.0. The number of nitrogens with zero attached hydrogens (tertiary/aromatic N) is 1. The highest BCUT2D eigenvalue weighted by Crippen LogP contribution is 2.20. The quantitative estimate of drug-likeness (QED) is 0.875. The van der Waals surface area contributed by atoms with Crippen molar-refractivity contribution < 1.29 is 13.9 Å². The molecule has 5 heteroatoms. The molecule has 2 rings (SSSR count). The Morgan fingerprint density at radius 1 is 1.36 bits per heavy atom. The van der Waals surface area contributed by atoms with Gasteiger partial charge < -0.3 is 14.5 Å². The van der Waals surface area contributed by atoms with Gasteiger partial charge in [0, 0.05) is 38.0 Å². The van der Waals surface area contributed by atoms with Gasteiger partial charge in [0.1, 0.15) is 5.76 Å². The fourth-order valence-corrected chi connectivity index (χ4v) is 2.88. The van der Waals surface area contributed by atoms with Gasteiger partial charge in [0.2, 0.25) is 5.91 Å². The molecule has 1 amide bonds. The van der Waals surface area contributed by atoms with Gasteiger partial charge in [0.25, 0.3) is 0 Å². The first-order valence-electron chi connectivity index (χ1n) is 8.06. The molecule has 1 aromatic rings. The SMILES string of the molecule is CC1CN(C(C)(C)CNC(=O)CCc2ccco2)CC(C)O1. The molecule has 0 bridgehead atoms. The van der Waals surface area contributed by atoms with Crippen molar-refractivity contribution in [1.82, 2.24) is 10.2 Å². The maximum atomic E-state index is 12.0. The summed E-state index contributed by atoms with van der Waals surface area (Å²) in [5.74, 6) is 0.920. The molecule has 1 saturated heterocycles. The average Bonchev–Trinajstić information content (AvgIpc) is 2.95. The van der Waals surface area contributed by atoms with E-state index < -0.39 is 0 Å². The minimum absolute atomic E-state index is 0.0684. The van der Waals surface area contributed by atoms with E-state index in [1.807, 2.05) is 12.1 Å². The van der Waals surface area contributed by atoms with Crippen LogP contribution in [-0.4, -0.2) is 48.2 Å². The lowest BCUT2D eigenvalue weighted by Gasteiger charge is -2.45. The van der Waals surface area contributed by atoms with Crippen molar-refractivity contribution in [3.63, 3.8) is 0 Å². The lowest BCUT2D eigenvalue weighted by Crippen LogP contribution is -2.58. The zero-order valence-electron chi connectivity index (χ0n) is 14.1. The Hall–Kier alpha value is -1.33. The number of hydrogen-bond acceptors (Lipinski definition) is 4. The standard InChI is InChI=1S/C17H28N2O3/c1-13-10-19(11-14(2)22-13)17(3,4)12-18-16(20)8-7-15-6-5-9-21-15/h5-6,9,13-14H,7-8,10-12H2,1-4H3,(H,18,20). The van der Waals surface area contributed by atoms with Crippen molar-refractivity contribution in [2.24, 2.45) is 0 Å². The molecule has 1 fully saturated rings. The minimum atomic E-state index is -0.0767. The molecule has 0 aliphatic carbocycles. The van der Waals surface area contributed by atoms with Crippen LogP contribution >= 0.6 is 0 Å². The zero-order valence-corrected chi connectivity index (χ0v) is 14.1. The number of carbonyl (C=O) groups is 1. The number of ether oxygens (including phenoxy) is 1. The van der Waals surface area contributed by atoms with Crippen molar-refractivity contribution in [3.8, 4) is 0 Å². The van der Waals surface area contributed by atoms with Crippen LogP contribution in [0.5, 0.6) is 0 Å². The van der Waals surface area contributed by atoms with Crippen LogP contribution in [0, 0.1) is 0 Å². The summed E-state index contributed by atoms with van der Waals surface area (Å²) in [6, 6.07) is 3.74. The van der Waals surface area contributed by atoms with Crippen LogP contribution in [0.1, 0.15) is 39.9 Å². The van der Waals surface area contributed by atoms with Crippen molar-refractivity contribution >= 4 is 5.91 Å². The summed E-state index contributed by atoms with van der Waals surface area (Å²) < 4.78 is 11.0. The monoisotopic (exact) mass is 308 g/mol. The van der Waals surface area contributed by atoms with Gasteiger partial charge in [0.15, 0.2) is 0 Å². The smallest absolute Gasteiger partial charge is 0.220 e. The van der Waals surface area contributed by atoms with Crippen molar-refractivity contribution in [2.75, 3.05) is 19.6 Å². The van der Waals surface area contributed by atoms with E-state index in [0.717, 1.165) is 18.8 Å². The molecule has 0 radical (unpaired) electrons. The van der Waals surface area contributed by atoms with Gasteiger partial charge in [-0.2, -0.15) is 0 Å². The van der Waals surface area contributed by atoms with Crippen LogP contribution in [0.4, 0.5) is 0 Å². The lowest BCUT2D eigenvalue weighted by atomic mass is 10.00. The van der Waals surface area contributed by atoms with Crippen LogP contribution < -0.4 is 5.32 Å². The van der Waals surface area contributed by atoms with Crippen LogP contribution in [0.25, 0.3) is 0 Å². The second-order valence-corrected chi connectivity index (χ2v) is 6.83. The molecule has 1 aromatic heterocycles. The number of furan rings is 1. The molecule has 2 unspecified atom stereocenters. The van der Waals surface area contributed by atoms with Gasteiger partial charge in [-0.15, -0.1) is 0 Å². The largest absolute Gasteiger partial charge is 0.469 e. The molecule has 2 heterocycles. The Morgan fingerprint density at radius 3 is 2.64 bits per heavy atom. The summed E-state index contributed by atoms with van der Waals surface area (Å²) in [4.78, 5) is 14.4. The molecule has 1 N–H and O–H groups in total. The molecular formula is C17H28N2O3. The first-order valence-corrected chi connectivity index (χ1v) is 8.06. The Balaban J connectivity index is 1.77. The van der Waals surface area contributed by atoms with E-state index in [2.05, 4.69) is 37.9 Å². The Morgan fingerprint density at radius 2 is 2.05 bits per heavy atom. The summed E-state index contributed by atoms with van der Waals surface area (Å²) in [5.41, 5.74) is -0.0767. The minimum Gasteiger partial charge on any atom is -0.469 e. The Kier molecular flexibility index (Phi) is 5.64. The van der Waals surface area contributed by atoms with Gasteiger partial charge >= 0.3 is 0 Å². The highest BCUT2D eigenvalue weighted by atomic mass is 16.5. The number of amides is 1. The lowest BCUT2D eigenvalue weighted by molar-refractivity contribution is -0.123. The number of aryl methyl sites for hydroxylation is 1. The van der Waals surface area contributed by atoms with Crippen LogP contribution in [-0.2, 0) is 16.0 Å². The summed E-state index contributed by atoms with van der Waals surface area (Å²) in [5, 5.41) is 3.05. The second-order valence-electron chi connectivity index (χ2n) is 6.83. The number of carbonyl (C=O) groups excluding carboxylic acids is 1. The molecule has 124 valence electrons. The van der Waals surface area contributed by atoms with Gasteiger partial charge in [-0.1, -0.05) is 0 Å². The van der Waals surface area contributed by atoms with Crippen LogP contribution in [0.2, 0.25) is 0 Å². The topological polar surface area (TPSA) is 54.7 Å². The summed E-state index contributed by atoms with van der Waals surface area (Å²) in [6.45, 7) is 11.0. The van der Waals surface area contributed by atoms with Crippen molar-refractivity contribution in [3.05, 3.63) is 24.2 Å². The summed E-state index contributed by atoms with van der Waals surface area (Å²) in [7, 11) is 0. The van der Waals surface area contributed by atoms with E-state index >= 15 is 0 Å². The number of morpholine rings is 1. The van der Waals surface area contributed by atoms with E-state index in [1.54, 1.807) is 6.26 Å².